The molecule has 2 unspecified atom stereocenters. The normalized spacial score (nSPS) is 34.4. The predicted molar refractivity (Wildman–Crippen MR) is 180 cm³/mol. The highest BCUT2D eigenvalue weighted by atomic mass is 32.7. The highest BCUT2D eigenvalue weighted by Gasteiger charge is 2.56. The van der Waals surface area contributed by atoms with Crippen LogP contribution >= 0.6 is 26.0 Å². The van der Waals surface area contributed by atoms with Crippen LogP contribution in [0.3, 0.4) is 0 Å². The lowest BCUT2D eigenvalue weighted by molar-refractivity contribution is -0.0846. The number of nitrogen functional groups attached to an aromatic ring is 1. The Bertz CT molecular complexity index is 2270. The number of carbonyl (C=O) groups excluding carboxylic acids is 1. The molecule has 7 rings (SSSR count). The minimum Gasteiger partial charge on any atom is -0.411 e. The van der Waals surface area contributed by atoms with Gasteiger partial charge in [-0.1, -0.05) is 12.1 Å². The summed E-state index contributed by atoms with van der Waals surface area (Å²) in [6.45, 7) is -4.32. The van der Waals surface area contributed by atoms with Gasteiger partial charge >= 0.3 is 26.4 Å². The van der Waals surface area contributed by atoms with Crippen molar-refractivity contribution >= 4 is 49.1 Å². The Morgan fingerprint density at radius 3 is 2.50 bits per heavy atom. The molecule has 54 heavy (non-hydrogen) atoms. The van der Waals surface area contributed by atoms with Gasteiger partial charge in [0, 0.05) is 18.0 Å². The Morgan fingerprint density at radius 1 is 1.02 bits per heavy atom. The Balaban J connectivity index is 1.25. The Kier molecular flexibility index (Phi) is 10.5. The van der Waals surface area contributed by atoms with Crippen LogP contribution in [0.1, 0.15) is 24.9 Å². The predicted octanol–water partition coefficient (Wildman–Crippen LogP) is 2.23. The number of primary amides is 1. The molecule has 3 saturated heterocycles. The second kappa shape index (κ2) is 14.9. The number of fused-ring (bicyclic) bond motifs is 4. The molecule has 3 aromatic heterocycles. The molecule has 0 spiro atoms. The van der Waals surface area contributed by atoms with Crippen molar-refractivity contribution in [2.75, 3.05) is 12.3 Å². The smallest absolute Gasteiger partial charge is 0.411 e. The molecule has 11 atom stereocenters. The molecule has 6 N–H and O–H groups in total. The van der Waals surface area contributed by atoms with Crippen molar-refractivity contribution in [2.24, 2.45) is 5.73 Å². The third kappa shape index (κ3) is 7.71. The minimum absolute atomic E-state index is 0.0185. The van der Waals surface area contributed by atoms with Gasteiger partial charge in [-0.2, -0.15) is 0 Å². The summed E-state index contributed by atoms with van der Waals surface area (Å²) in [6, 6.07) is 6.74. The topological polar surface area (TPSA) is 287 Å². The first-order valence-corrected chi connectivity index (χ1v) is 20.4. The van der Waals surface area contributed by atoms with Crippen molar-refractivity contribution in [1.29, 1.82) is 0 Å². The summed E-state index contributed by atoms with van der Waals surface area (Å²) in [5.41, 5.74) is 9.74. The first kappa shape index (κ1) is 38.2. The van der Waals surface area contributed by atoms with E-state index in [1.165, 1.54) is 42.1 Å². The number of anilines is 1. The van der Waals surface area contributed by atoms with E-state index in [2.05, 4.69) is 15.0 Å². The van der Waals surface area contributed by atoms with Crippen molar-refractivity contribution in [3.8, 4) is 5.75 Å². The number of ether oxygens (including phenoxy) is 3. The number of halogens is 2. The zero-order chi connectivity index (χ0) is 38.5. The monoisotopic (exact) mass is 818 g/mol. The molecule has 4 aromatic rings. The van der Waals surface area contributed by atoms with Gasteiger partial charge in [0.15, 0.2) is 36.3 Å². The van der Waals surface area contributed by atoms with Crippen LogP contribution < -0.4 is 27.5 Å². The van der Waals surface area contributed by atoms with Gasteiger partial charge in [-0.15, -0.1) is 0 Å². The van der Waals surface area contributed by atoms with E-state index in [0.717, 1.165) is 18.6 Å². The van der Waals surface area contributed by atoms with E-state index in [4.69, 9.17) is 43.8 Å². The molecule has 1 amide bonds. The number of phosphoric acid groups is 1. The summed E-state index contributed by atoms with van der Waals surface area (Å²) in [7, 11) is -5.34. The van der Waals surface area contributed by atoms with E-state index in [1.807, 2.05) is 4.98 Å². The number of imidazole rings is 1. The SMILES string of the molecule is C[C@H]1OP(=O)(O)O[C@@H]2[C@H](F)[C@@H](COP(=O)(SCc3ccc(OC(N)=O)cc3)O[C@H]3[C@@H](F)[C@H](n4cnc5c(N)ncnc54)O[C@@H]31)O[C@H]2n1ccc(=O)[nH]c1=O. The number of rotatable bonds is 6. The quantitative estimate of drug-likeness (QED) is 0.203. The number of nitrogens with two attached hydrogens (primary N) is 2. The number of hydrogen-bond acceptors (Lipinski definition) is 17. The number of H-pyrrole nitrogens is 1. The van der Waals surface area contributed by atoms with Crippen LogP contribution in [0, 0.1) is 0 Å². The highest BCUT2D eigenvalue weighted by molar-refractivity contribution is 8.54. The van der Waals surface area contributed by atoms with Crippen LogP contribution in [-0.4, -0.2) is 89.5 Å². The van der Waals surface area contributed by atoms with Crippen molar-refractivity contribution in [1.82, 2.24) is 29.1 Å². The largest absolute Gasteiger partial charge is 0.473 e. The lowest BCUT2D eigenvalue weighted by Gasteiger charge is -2.30. The first-order chi connectivity index (χ1) is 25.6. The van der Waals surface area contributed by atoms with Crippen molar-refractivity contribution < 1.29 is 59.9 Å². The number of phosphoric ester groups is 1. The number of aromatic nitrogens is 6. The van der Waals surface area contributed by atoms with Gasteiger partial charge in [-0.05, 0) is 36.0 Å². The number of benzene rings is 1. The van der Waals surface area contributed by atoms with Crippen molar-refractivity contribution in [3.63, 3.8) is 0 Å². The minimum atomic E-state index is -5.34. The number of amides is 1. The molecule has 0 saturated carbocycles. The van der Waals surface area contributed by atoms with Gasteiger partial charge in [0.25, 0.3) is 5.56 Å². The van der Waals surface area contributed by atoms with Crippen LogP contribution in [-0.2, 0) is 42.5 Å². The molecule has 26 heteroatoms. The number of hydrogen-bond donors (Lipinski definition) is 4. The molecular weight excluding hydrogens is 788 g/mol. The zero-order valence-electron chi connectivity index (χ0n) is 27.5. The number of carbonyl (C=O) groups is 1. The van der Waals surface area contributed by atoms with Gasteiger partial charge in [0.05, 0.1) is 19.0 Å². The van der Waals surface area contributed by atoms with Crippen LogP contribution in [0.15, 0.2) is 58.8 Å². The average molecular weight is 819 g/mol. The first-order valence-electron chi connectivity index (χ1n) is 15.8. The molecule has 3 aliphatic rings. The molecular formula is C28H30F2N8O13P2S. The summed E-state index contributed by atoms with van der Waals surface area (Å²) in [6.07, 6.45) is -14.6. The molecule has 0 aliphatic carbocycles. The van der Waals surface area contributed by atoms with Gasteiger partial charge < -0.3 is 30.6 Å². The summed E-state index contributed by atoms with van der Waals surface area (Å²) in [5.74, 6) is -0.0298. The van der Waals surface area contributed by atoms with Crippen LogP contribution in [0.5, 0.6) is 5.75 Å². The van der Waals surface area contributed by atoms with E-state index in [-0.39, 0.29) is 28.5 Å². The van der Waals surface area contributed by atoms with E-state index >= 15 is 8.78 Å². The van der Waals surface area contributed by atoms with Crippen molar-refractivity contribution in [3.05, 3.63) is 75.6 Å². The maximum absolute atomic E-state index is 16.7. The van der Waals surface area contributed by atoms with Crippen molar-refractivity contribution in [2.45, 2.75) is 68.0 Å². The Hall–Kier alpha value is -4.09. The van der Waals surface area contributed by atoms with E-state index in [1.54, 1.807) is 0 Å². The van der Waals surface area contributed by atoms with Gasteiger partial charge in [0.1, 0.15) is 42.0 Å². The number of aromatic amines is 1. The van der Waals surface area contributed by atoms with Crippen LogP contribution in [0.25, 0.3) is 11.2 Å². The van der Waals surface area contributed by atoms with E-state index < -0.39 is 93.9 Å². The van der Waals surface area contributed by atoms with Gasteiger partial charge in [-0.25, -0.2) is 42.5 Å². The second-order valence-corrected chi connectivity index (χ2v) is 17.4. The standard InChI is InChI=1S/C28H30F2N8O13P2S/c1-12-20-21(18(30)25(48-20)38-11-35-19-23(31)33-10-34-24(19)38)51-53(44,54-9-13-2-4-14(5-3-13)46-27(32)40)45-8-15-17(29)22(50-52(42,43)49-12)26(47-15)37-7-6-16(39)36-28(37)41/h2-7,10-12,15,17-18,20-22,25-26H,8-9H2,1H3,(H2,32,40)(H,42,43)(H2,31,33,34)(H,36,39,41)/t12-,15-,17-,18-,20-,21+,22-,25-,26-,53?/m1/s1. The number of alkyl halides is 2. The fourth-order valence-corrected chi connectivity index (χ4v) is 10.5. The zero-order valence-corrected chi connectivity index (χ0v) is 30.1. The maximum atomic E-state index is 16.7. The molecule has 1 aromatic carbocycles. The molecule has 6 heterocycles. The number of nitrogens with zero attached hydrogens (tertiary/aromatic N) is 5. The third-order valence-corrected chi connectivity index (χ3v) is 13.2. The maximum Gasteiger partial charge on any atom is 0.473 e. The molecule has 2 bridgehead atoms. The summed E-state index contributed by atoms with van der Waals surface area (Å²) >= 11 is 0.563. The fraction of sp³-hybridized carbons (Fsp3) is 0.429. The molecule has 290 valence electrons. The third-order valence-electron chi connectivity index (χ3n) is 8.45. The van der Waals surface area contributed by atoms with Gasteiger partial charge in [0.2, 0.25) is 0 Å². The van der Waals surface area contributed by atoms with Crippen LogP contribution in [0.4, 0.5) is 19.4 Å². The van der Waals surface area contributed by atoms with Gasteiger partial charge in [-0.3, -0.25) is 37.0 Å². The lowest BCUT2D eigenvalue weighted by atomic mass is 10.1. The highest BCUT2D eigenvalue weighted by Crippen LogP contribution is 2.65. The molecule has 0 radical (unpaired) electrons. The summed E-state index contributed by atoms with van der Waals surface area (Å²) < 4.78 is 102. The lowest BCUT2D eigenvalue weighted by Crippen LogP contribution is -2.39. The summed E-state index contributed by atoms with van der Waals surface area (Å²) in [4.78, 5) is 60.4. The van der Waals surface area contributed by atoms with Crippen LogP contribution in [0.2, 0.25) is 0 Å². The fourth-order valence-electron chi connectivity index (χ4n) is 6.01. The average Bonchev–Trinajstić information content (AvgIpc) is 3.77. The molecule has 3 aliphatic heterocycles. The Morgan fingerprint density at radius 2 is 1.78 bits per heavy atom. The van der Waals surface area contributed by atoms with E-state index in [0.29, 0.717) is 21.5 Å². The Labute approximate surface area is 305 Å². The summed E-state index contributed by atoms with van der Waals surface area (Å²) in [5, 5.41) is 0. The number of nitrogens with one attached hydrogen (secondary N) is 1. The molecule has 3 fully saturated rings. The molecule has 21 nitrogen and oxygen atoms in total. The van der Waals surface area contributed by atoms with E-state index in [9.17, 15) is 28.4 Å². The second-order valence-electron chi connectivity index (χ2n) is 12.0.